The third kappa shape index (κ3) is 5.29. The van der Waals surface area contributed by atoms with Crippen molar-refractivity contribution in [1.82, 2.24) is 25.1 Å². The van der Waals surface area contributed by atoms with Crippen LogP contribution >= 0.6 is 23.5 Å². The van der Waals surface area contributed by atoms with Gasteiger partial charge in [-0.1, -0.05) is 54.1 Å². The molecule has 1 aliphatic heterocycles. The summed E-state index contributed by atoms with van der Waals surface area (Å²) in [6, 6.07) is 21.4. The van der Waals surface area contributed by atoms with Crippen LogP contribution in [-0.2, 0) is 11.3 Å². The minimum absolute atomic E-state index is 0.162. The minimum Gasteiger partial charge on any atom is -0.268 e. The summed E-state index contributed by atoms with van der Waals surface area (Å²) in [5, 5.41) is 23.5. The largest absolute Gasteiger partial charge is 0.293 e. The van der Waals surface area contributed by atoms with E-state index in [0.717, 1.165) is 40.3 Å². The summed E-state index contributed by atoms with van der Waals surface area (Å²) in [5.74, 6) is -0.431. The molecule has 0 N–H and O–H groups in total. The van der Waals surface area contributed by atoms with E-state index in [1.165, 1.54) is 21.7 Å². The van der Waals surface area contributed by atoms with Gasteiger partial charge in [0.25, 0.3) is 16.8 Å². The first-order valence-corrected chi connectivity index (χ1v) is 12.6. The standard InChI is InChI=1S/C25H18N6O4S2/c1-16-6-5-7-18(12-16)15-29-23(32)22(37-25(29)33)14-17-10-11-21(20(13-17)31(34)35)36-24-26-27-28-30(24)19-8-3-2-4-9-19/h2-14H,15H2,1H3/b22-14-. The number of nitrogens with zero attached hydrogens (tertiary/aromatic N) is 6. The number of para-hydroxylation sites is 1. The van der Waals surface area contributed by atoms with Crippen LogP contribution in [0, 0.1) is 17.0 Å². The topological polar surface area (TPSA) is 124 Å². The van der Waals surface area contributed by atoms with Crippen molar-refractivity contribution in [1.29, 1.82) is 0 Å². The molecule has 12 heteroatoms. The van der Waals surface area contributed by atoms with E-state index in [-0.39, 0.29) is 22.4 Å². The average molecular weight is 531 g/mol. The Hall–Kier alpha value is -4.29. The Morgan fingerprint density at radius 3 is 2.62 bits per heavy atom. The molecule has 1 aliphatic rings. The van der Waals surface area contributed by atoms with Gasteiger partial charge < -0.3 is 0 Å². The molecule has 3 aromatic carbocycles. The lowest BCUT2D eigenvalue weighted by Gasteiger charge is -2.12. The molecular weight excluding hydrogens is 512 g/mol. The van der Waals surface area contributed by atoms with Crippen molar-refractivity contribution < 1.29 is 14.5 Å². The van der Waals surface area contributed by atoms with Crippen LogP contribution in [0.2, 0.25) is 0 Å². The fourth-order valence-corrected chi connectivity index (χ4v) is 5.42. The maximum Gasteiger partial charge on any atom is 0.293 e. The third-order valence-corrected chi connectivity index (χ3v) is 7.33. The Balaban J connectivity index is 1.39. The number of hydrogen-bond donors (Lipinski definition) is 0. The van der Waals surface area contributed by atoms with E-state index in [2.05, 4.69) is 15.5 Å². The Morgan fingerprint density at radius 1 is 1.05 bits per heavy atom. The molecule has 2 amide bonds. The lowest BCUT2D eigenvalue weighted by Crippen LogP contribution is -2.27. The zero-order valence-electron chi connectivity index (χ0n) is 19.3. The molecule has 0 spiro atoms. The maximum absolute atomic E-state index is 12.9. The molecule has 184 valence electrons. The van der Waals surface area contributed by atoms with Crippen LogP contribution in [0.25, 0.3) is 11.8 Å². The molecule has 10 nitrogen and oxygen atoms in total. The van der Waals surface area contributed by atoms with Gasteiger partial charge >= 0.3 is 0 Å². The van der Waals surface area contributed by atoms with E-state index in [0.29, 0.717) is 15.6 Å². The molecule has 1 saturated heterocycles. The summed E-state index contributed by atoms with van der Waals surface area (Å²) in [6.07, 6.45) is 1.50. The number of aromatic nitrogens is 4. The number of nitro benzene ring substituents is 1. The van der Waals surface area contributed by atoms with E-state index in [9.17, 15) is 19.7 Å². The quantitative estimate of drug-likeness (QED) is 0.179. The van der Waals surface area contributed by atoms with Crippen molar-refractivity contribution in [2.75, 3.05) is 0 Å². The number of thioether (sulfide) groups is 1. The van der Waals surface area contributed by atoms with Crippen LogP contribution in [0.3, 0.4) is 0 Å². The molecule has 0 unspecified atom stereocenters. The summed E-state index contributed by atoms with van der Waals surface area (Å²) in [5.41, 5.74) is 2.86. The van der Waals surface area contributed by atoms with Crippen molar-refractivity contribution >= 4 is 46.4 Å². The van der Waals surface area contributed by atoms with Gasteiger partial charge in [0.2, 0.25) is 5.16 Å². The van der Waals surface area contributed by atoms with E-state index in [1.807, 2.05) is 61.5 Å². The molecule has 0 aliphatic carbocycles. The second-order valence-electron chi connectivity index (χ2n) is 8.05. The summed E-state index contributed by atoms with van der Waals surface area (Å²) in [4.78, 5) is 38.5. The number of tetrazole rings is 1. The first-order valence-electron chi connectivity index (χ1n) is 11.0. The second-order valence-corrected chi connectivity index (χ2v) is 10.1. The molecule has 0 bridgehead atoms. The Morgan fingerprint density at radius 2 is 1.86 bits per heavy atom. The summed E-state index contributed by atoms with van der Waals surface area (Å²) < 4.78 is 1.49. The number of imide groups is 1. The molecule has 1 fully saturated rings. The summed E-state index contributed by atoms with van der Waals surface area (Å²) in [7, 11) is 0. The Bertz CT molecular complexity index is 1550. The highest BCUT2D eigenvalue weighted by Gasteiger charge is 2.35. The van der Waals surface area contributed by atoms with E-state index >= 15 is 0 Å². The smallest absolute Gasteiger partial charge is 0.268 e. The number of hydrogen-bond acceptors (Lipinski definition) is 9. The van der Waals surface area contributed by atoms with Gasteiger partial charge in [-0.2, -0.15) is 4.68 Å². The highest BCUT2D eigenvalue weighted by molar-refractivity contribution is 8.18. The molecule has 0 radical (unpaired) electrons. The zero-order valence-corrected chi connectivity index (χ0v) is 21.0. The Kier molecular flexibility index (Phi) is 6.84. The lowest BCUT2D eigenvalue weighted by molar-refractivity contribution is -0.387. The Labute approximate surface area is 219 Å². The molecule has 37 heavy (non-hydrogen) atoms. The van der Waals surface area contributed by atoms with Gasteiger partial charge in [0, 0.05) is 6.07 Å². The first kappa shape index (κ1) is 24.4. The van der Waals surface area contributed by atoms with Crippen molar-refractivity contribution in [3.63, 3.8) is 0 Å². The fourth-order valence-electron chi connectivity index (χ4n) is 3.71. The minimum atomic E-state index is -0.500. The van der Waals surface area contributed by atoms with Gasteiger partial charge in [-0.15, -0.1) is 5.10 Å². The molecule has 5 rings (SSSR count). The van der Waals surface area contributed by atoms with Gasteiger partial charge in [0.05, 0.1) is 27.0 Å². The third-order valence-electron chi connectivity index (χ3n) is 5.42. The SMILES string of the molecule is Cc1cccc(CN2C(=O)S/C(=C\c3ccc(Sc4nnnn4-c4ccccc4)c([N+](=O)[O-])c3)C2=O)c1. The van der Waals surface area contributed by atoms with E-state index in [1.54, 1.807) is 12.1 Å². The lowest BCUT2D eigenvalue weighted by atomic mass is 10.1. The monoisotopic (exact) mass is 530 g/mol. The number of benzene rings is 3. The highest BCUT2D eigenvalue weighted by Crippen LogP contribution is 2.37. The zero-order chi connectivity index (χ0) is 25.9. The number of amides is 2. The fraction of sp³-hybridized carbons (Fsp3) is 0.0800. The molecule has 2 heterocycles. The molecule has 0 atom stereocenters. The molecule has 0 saturated carbocycles. The van der Waals surface area contributed by atoms with Crippen molar-refractivity contribution in [3.8, 4) is 5.69 Å². The number of carbonyl (C=O) groups excluding carboxylic acids is 2. The number of rotatable bonds is 7. The van der Waals surface area contributed by atoms with Crippen LogP contribution in [0.4, 0.5) is 10.5 Å². The maximum atomic E-state index is 12.9. The van der Waals surface area contributed by atoms with Gasteiger partial charge in [-0.25, -0.2) is 0 Å². The average Bonchev–Trinajstić information content (AvgIpc) is 3.45. The van der Waals surface area contributed by atoms with Crippen molar-refractivity contribution in [2.24, 2.45) is 0 Å². The number of carbonyl (C=O) groups is 2. The van der Waals surface area contributed by atoms with Crippen molar-refractivity contribution in [2.45, 2.75) is 23.5 Å². The van der Waals surface area contributed by atoms with Gasteiger partial charge in [0.15, 0.2) is 0 Å². The van der Waals surface area contributed by atoms with Crippen LogP contribution < -0.4 is 0 Å². The highest BCUT2D eigenvalue weighted by atomic mass is 32.2. The van der Waals surface area contributed by atoms with Crippen LogP contribution in [0.1, 0.15) is 16.7 Å². The predicted octanol–water partition coefficient (Wildman–Crippen LogP) is 5.27. The second kappa shape index (κ2) is 10.4. The first-order chi connectivity index (χ1) is 17.9. The van der Waals surface area contributed by atoms with E-state index < -0.39 is 10.8 Å². The number of aryl methyl sites for hydroxylation is 1. The summed E-state index contributed by atoms with van der Waals surface area (Å²) >= 11 is 1.87. The van der Waals surface area contributed by atoms with Gasteiger partial charge in [-0.05, 0) is 76.3 Å². The van der Waals surface area contributed by atoms with Crippen LogP contribution in [0.5, 0.6) is 0 Å². The van der Waals surface area contributed by atoms with Crippen LogP contribution in [0.15, 0.2) is 87.8 Å². The summed E-state index contributed by atoms with van der Waals surface area (Å²) in [6.45, 7) is 2.10. The number of nitro groups is 1. The molecule has 4 aromatic rings. The van der Waals surface area contributed by atoms with Gasteiger partial charge in [-0.3, -0.25) is 24.6 Å². The predicted molar refractivity (Wildman–Crippen MR) is 139 cm³/mol. The van der Waals surface area contributed by atoms with Crippen LogP contribution in [-0.4, -0.2) is 41.2 Å². The normalized spacial score (nSPS) is 14.5. The van der Waals surface area contributed by atoms with Crippen molar-refractivity contribution in [3.05, 3.63) is 105 Å². The molecule has 1 aromatic heterocycles. The van der Waals surface area contributed by atoms with Gasteiger partial charge in [0.1, 0.15) is 0 Å². The molecular formula is C25H18N6O4S2. The van der Waals surface area contributed by atoms with E-state index in [4.69, 9.17) is 0 Å².